The van der Waals surface area contributed by atoms with Crippen molar-refractivity contribution in [3.05, 3.63) is 47.5 Å². The van der Waals surface area contributed by atoms with Crippen LogP contribution in [0, 0.1) is 0 Å². The lowest BCUT2D eigenvalue weighted by molar-refractivity contribution is -0.139. The Morgan fingerprint density at radius 2 is 1.44 bits per heavy atom. The standard InChI is InChI=1S/C22H23F3N4O3/c23-22(24,25)14-26-18(30)13-28-9-7-27(8-10-28)11-12-29-20(31)16-5-1-3-15-4-2-6-17(19(15)16)21(29)32/h1-6H,7-14H2,(H,26,30). The maximum Gasteiger partial charge on any atom is 0.405 e. The van der Waals surface area contributed by atoms with E-state index in [0.717, 1.165) is 5.39 Å². The molecule has 0 atom stereocenters. The summed E-state index contributed by atoms with van der Waals surface area (Å²) in [5.41, 5.74) is 1.04. The Morgan fingerprint density at radius 3 is 2.00 bits per heavy atom. The van der Waals surface area contributed by atoms with Crippen LogP contribution in [0.25, 0.3) is 10.8 Å². The zero-order valence-electron chi connectivity index (χ0n) is 17.3. The molecule has 0 bridgehead atoms. The zero-order valence-corrected chi connectivity index (χ0v) is 17.3. The fraction of sp³-hybridized carbons (Fsp3) is 0.409. The minimum Gasteiger partial charge on any atom is -0.346 e. The number of nitrogens with zero attached hydrogens (tertiary/aromatic N) is 3. The van der Waals surface area contributed by atoms with Gasteiger partial charge in [0.25, 0.3) is 11.8 Å². The van der Waals surface area contributed by atoms with Gasteiger partial charge in [0.2, 0.25) is 5.91 Å². The number of benzene rings is 2. The molecule has 2 aromatic rings. The van der Waals surface area contributed by atoms with E-state index in [1.165, 1.54) is 4.90 Å². The Labute approximate surface area is 182 Å². The van der Waals surface area contributed by atoms with E-state index in [1.807, 2.05) is 17.4 Å². The monoisotopic (exact) mass is 448 g/mol. The molecule has 4 rings (SSSR count). The quantitative estimate of drug-likeness (QED) is 0.682. The second-order valence-electron chi connectivity index (χ2n) is 7.98. The number of nitrogens with one attached hydrogen (secondary N) is 1. The summed E-state index contributed by atoms with van der Waals surface area (Å²) in [6, 6.07) is 10.8. The number of alkyl halides is 3. The SMILES string of the molecule is O=C(CN1CCN(CCN2C(=O)c3cccc4cccc(c34)C2=O)CC1)NCC(F)(F)F. The van der Waals surface area contributed by atoms with Gasteiger partial charge in [0, 0.05) is 55.8 Å². The topological polar surface area (TPSA) is 73.0 Å². The molecule has 2 aliphatic heterocycles. The van der Waals surface area contributed by atoms with Crippen LogP contribution in [0.4, 0.5) is 13.2 Å². The van der Waals surface area contributed by atoms with Gasteiger partial charge >= 0.3 is 6.18 Å². The van der Waals surface area contributed by atoms with Gasteiger partial charge in [0.1, 0.15) is 6.54 Å². The van der Waals surface area contributed by atoms with Crippen LogP contribution in [0.5, 0.6) is 0 Å². The van der Waals surface area contributed by atoms with Crippen LogP contribution in [-0.2, 0) is 4.79 Å². The van der Waals surface area contributed by atoms with Gasteiger partial charge in [-0.25, -0.2) is 0 Å². The number of rotatable bonds is 6. The van der Waals surface area contributed by atoms with Crippen LogP contribution in [0.15, 0.2) is 36.4 Å². The van der Waals surface area contributed by atoms with Crippen LogP contribution in [0.1, 0.15) is 20.7 Å². The lowest BCUT2D eigenvalue weighted by atomic mass is 9.94. The number of halogens is 3. The van der Waals surface area contributed by atoms with Crippen molar-refractivity contribution in [3.63, 3.8) is 0 Å². The van der Waals surface area contributed by atoms with Crippen LogP contribution >= 0.6 is 0 Å². The Hall–Kier alpha value is -2.98. The molecule has 0 spiro atoms. The number of hydrogen-bond acceptors (Lipinski definition) is 5. The van der Waals surface area contributed by atoms with Gasteiger partial charge in [0.15, 0.2) is 0 Å². The smallest absolute Gasteiger partial charge is 0.346 e. The van der Waals surface area contributed by atoms with E-state index in [0.29, 0.717) is 49.2 Å². The zero-order chi connectivity index (χ0) is 22.9. The van der Waals surface area contributed by atoms with E-state index in [1.54, 1.807) is 29.2 Å². The van der Waals surface area contributed by atoms with Gasteiger partial charge < -0.3 is 5.32 Å². The molecular weight excluding hydrogens is 425 g/mol. The van der Waals surface area contributed by atoms with E-state index in [9.17, 15) is 27.6 Å². The first-order valence-electron chi connectivity index (χ1n) is 10.4. The molecule has 170 valence electrons. The molecule has 0 saturated carbocycles. The molecule has 1 N–H and O–H groups in total. The minimum absolute atomic E-state index is 0.0895. The van der Waals surface area contributed by atoms with Gasteiger partial charge in [-0.05, 0) is 17.5 Å². The van der Waals surface area contributed by atoms with E-state index >= 15 is 0 Å². The summed E-state index contributed by atoms with van der Waals surface area (Å²) in [5, 5.41) is 3.43. The van der Waals surface area contributed by atoms with Crippen LogP contribution < -0.4 is 5.32 Å². The molecule has 1 fully saturated rings. The summed E-state index contributed by atoms with van der Waals surface area (Å²) in [6.07, 6.45) is -4.43. The molecule has 2 aliphatic rings. The van der Waals surface area contributed by atoms with Gasteiger partial charge in [-0.3, -0.25) is 29.1 Å². The van der Waals surface area contributed by atoms with E-state index in [-0.39, 0.29) is 24.9 Å². The third-order valence-electron chi connectivity index (χ3n) is 5.81. The molecule has 0 aliphatic carbocycles. The van der Waals surface area contributed by atoms with Gasteiger partial charge in [0.05, 0.1) is 6.54 Å². The Kier molecular flexibility index (Phi) is 6.16. The summed E-state index contributed by atoms with van der Waals surface area (Å²) in [6.45, 7) is 1.53. The predicted molar refractivity (Wildman–Crippen MR) is 111 cm³/mol. The van der Waals surface area contributed by atoms with Crippen molar-refractivity contribution < 1.29 is 27.6 Å². The maximum absolute atomic E-state index is 12.9. The Morgan fingerprint density at radius 1 is 0.875 bits per heavy atom. The lowest BCUT2D eigenvalue weighted by Gasteiger charge is -2.35. The molecule has 10 heteroatoms. The fourth-order valence-corrected chi connectivity index (χ4v) is 4.15. The highest BCUT2D eigenvalue weighted by molar-refractivity contribution is 6.25. The summed E-state index contributed by atoms with van der Waals surface area (Å²) in [5.74, 6) is -1.27. The normalized spacial score (nSPS) is 17.8. The summed E-state index contributed by atoms with van der Waals surface area (Å²) < 4.78 is 36.6. The molecule has 0 unspecified atom stereocenters. The van der Waals surface area contributed by atoms with Crippen molar-refractivity contribution in [2.24, 2.45) is 0 Å². The molecule has 3 amide bonds. The summed E-state index contributed by atoms with van der Waals surface area (Å²) in [4.78, 5) is 42.7. The molecule has 2 heterocycles. The highest BCUT2D eigenvalue weighted by Gasteiger charge is 2.33. The van der Waals surface area contributed by atoms with Crippen molar-refractivity contribution in [2.45, 2.75) is 6.18 Å². The van der Waals surface area contributed by atoms with Crippen LogP contribution in [0.2, 0.25) is 0 Å². The number of amides is 3. The van der Waals surface area contributed by atoms with E-state index < -0.39 is 18.6 Å². The number of piperazine rings is 1. The average Bonchev–Trinajstić information content (AvgIpc) is 2.76. The molecular formula is C22H23F3N4O3. The average molecular weight is 448 g/mol. The first-order valence-corrected chi connectivity index (χ1v) is 10.4. The van der Waals surface area contributed by atoms with Gasteiger partial charge in [-0.1, -0.05) is 24.3 Å². The molecule has 0 radical (unpaired) electrons. The number of imide groups is 1. The third kappa shape index (κ3) is 4.76. The number of carbonyl (C=O) groups is 3. The molecule has 32 heavy (non-hydrogen) atoms. The van der Waals surface area contributed by atoms with E-state index in [4.69, 9.17) is 0 Å². The highest BCUT2D eigenvalue weighted by Crippen LogP contribution is 2.29. The molecule has 2 aromatic carbocycles. The second-order valence-corrected chi connectivity index (χ2v) is 7.98. The first kappa shape index (κ1) is 22.2. The second kappa shape index (κ2) is 8.87. The van der Waals surface area contributed by atoms with Crippen LogP contribution in [-0.4, -0.2) is 91.0 Å². The highest BCUT2D eigenvalue weighted by atomic mass is 19.4. The van der Waals surface area contributed by atoms with Gasteiger partial charge in [-0.15, -0.1) is 0 Å². The Bertz CT molecular complexity index is 998. The molecule has 7 nitrogen and oxygen atoms in total. The summed E-state index contributed by atoms with van der Waals surface area (Å²) in [7, 11) is 0. The van der Waals surface area contributed by atoms with Crippen molar-refractivity contribution >= 4 is 28.5 Å². The van der Waals surface area contributed by atoms with Crippen molar-refractivity contribution in [2.75, 3.05) is 52.4 Å². The largest absolute Gasteiger partial charge is 0.405 e. The van der Waals surface area contributed by atoms with Crippen molar-refractivity contribution in [1.29, 1.82) is 0 Å². The third-order valence-corrected chi connectivity index (χ3v) is 5.81. The maximum atomic E-state index is 12.9. The predicted octanol–water partition coefficient (Wildman–Crippen LogP) is 1.73. The summed E-state index contributed by atoms with van der Waals surface area (Å²) >= 11 is 0. The minimum atomic E-state index is -4.43. The molecule has 1 saturated heterocycles. The van der Waals surface area contributed by atoms with Gasteiger partial charge in [-0.2, -0.15) is 13.2 Å². The molecule has 0 aromatic heterocycles. The first-order chi connectivity index (χ1) is 15.2. The van der Waals surface area contributed by atoms with Crippen molar-refractivity contribution in [3.8, 4) is 0 Å². The lowest BCUT2D eigenvalue weighted by Crippen LogP contribution is -2.52. The van der Waals surface area contributed by atoms with Crippen LogP contribution in [0.3, 0.4) is 0 Å². The van der Waals surface area contributed by atoms with E-state index in [2.05, 4.69) is 4.90 Å². The number of hydrogen-bond donors (Lipinski definition) is 1. The fourth-order valence-electron chi connectivity index (χ4n) is 4.15. The number of carbonyl (C=O) groups excluding carboxylic acids is 3. The van der Waals surface area contributed by atoms with Crippen molar-refractivity contribution in [1.82, 2.24) is 20.0 Å². The Balaban J connectivity index is 1.30.